The van der Waals surface area contributed by atoms with Gasteiger partial charge >= 0.3 is 0 Å². The van der Waals surface area contributed by atoms with Gasteiger partial charge in [0, 0.05) is 30.0 Å². The van der Waals surface area contributed by atoms with Gasteiger partial charge in [0.15, 0.2) is 0 Å². The first-order chi connectivity index (χ1) is 15.1. The number of primary amides is 1. The smallest absolute Gasteiger partial charge is 0.255 e. The third kappa shape index (κ3) is 5.04. The molecule has 158 valence electrons. The van der Waals surface area contributed by atoms with Crippen LogP contribution in [0.3, 0.4) is 0 Å². The topological polar surface area (TPSA) is 84.7 Å². The van der Waals surface area contributed by atoms with Gasteiger partial charge in [0.1, 0.15) is 12.4 Å². The molecule has 0 aliphatic carbocycles. The normalized spacial score (nSPS) is 13.1. The van der Waals surface area contributed by atoms with Crippen molar-refractivity contribution in [2.24, 2.45) is 5.73 Å². The maximum atomic E-state index is 12.8. The van der Waals surface area contributed by atoms with Gasteiger partial charge in [0.05, 0.1) is 5.56 Å². The number of para-hydroxylation sites is 1. The van der Waals surface area contributed by atoms with Crippen LogP contribution in [-0.4, -0.2) is 24.9 Å². The first kappa shape index (κ1) is 20.5. The quantitative estimate of drug-likeness (QED) is 0.605. The molecule has 1 heterocycles. The number of nitrogens with zero attached hydrogens (tertiary/aromatic N) is 1. The van der Waals surface area contributed by atoms with Gasteiger partial charge < -0.3 is 20.7 Å². The Morgan fingerprint density at radius 2 is 1.71 bits per heavy atom. The lowest BCUT2D eigenvalue weighted by Crippen LogP contribution is -2.18. The highest BCUT2D eigenvalue weighted by atomic mass is 16.5. The highest BCUT2D eigenvalue weighted by Crippen LogP contribution is 2.24. The van der Waals surface area contributed by atoms with E-state index in [0.29, 0.717) is 16.9 Å². The van der Waals surface area contributed by atoms with E-state index in [0.717, 1.165) is 30.0 Å². The van der Waals surface area contributed by atoms with E-state index < -0.39 is 5.91 Å². The van der Waals surface area contributed by atoms with Crippen LogP contribution < -0.4 is 20.7 Å². The summed E-state index contributed by atoms with van der Waals surface area (Å²) in [6, 6.07) is 22.0. The molecule has 4 rings (SSSR count). The number of nitrogens with two attached hydrogens (primary N) is 1. The molecule has 1 aliphatic rings. The number of hydrogen-bond acceptors (Lipinski definition) is 4. The number of rotatable bonds is 7. The van der Waals surface area contributed by atoms with Gasteiger partial charge in [-0.1, -0.05) is 30.3 Å². The van der Waals surface area contributed by atoms with Crippen LogP contribution >= 0.6 is 0 Å². The van der Waals surface area contributed by atoms with Gasteiger partial charge in [-0.3, -0.25) is 9.59 Å². The second kappa shape index (κ2) is 9.34. The monoisotopic (exact) mass is 415 g/mol. The van der Waals surface area contributed by atoms with Gasteiger partial charge in [-0.25, -0.2) is 0 Å². The van der Waals surface area contributed by atoms with Crippen LogP contribution in [0.15, 0.2) is 72.8 Å². The van der Waals surface area contributed by atoms with Crippen molar-refractivity contribution < 1.29 is 14.3 Å². The van der Waals surface area contributed by atoms with E-state index in [2.05, 4.69) is 16.3 Å². The van der Waals surface area contributed by atoms with Crippen LogP contribution in [0, 0.1) is 0 Å². The number of anilines is 2. The summed E-state index contributed by atoms with van der Waals surface area (Å²) < 4.78 is 5.77. The van der Waals surface area contributed by atoms with Crippen LogP contribution in [0.4, 0.5) is 11.4 Å². The molecule has 1 fully saturated rings. The van der Waals surface area contributed by atoms with Crippen molar-refractivity contribution in [3.63, 3.8) is 0 Å². The predicted molar refractivity (Wildman–Crippen MR) is 122 cm³/mol. The Hall–Kier alpha value is -3.80. The molecule has 0 aromatic heterocycles. The van der Waals surface area contributed by atoms with E-state index in [4.69, 9.17) is 10.5 Å². The second-order valence-corrected chi connectivity index (χ2v) is 7.55. The number of hydrogen-bond donors (Lipinski definition) is 2. The van der Waals surface area contributed by atoms with E-state index in [1.807, 2.05) is 30.3 Å². The van der Waals surface area contributed by atoms with Gasteiger partial charge in [-0.2, -0.15) is 0 Å². The highest BCUT2D eigenvalue weighted by Gasteiger charge is 2.14. The maximum Gasteiger partial charge on any atom is 0.255 e. The molecule has 0 saturated carbocycles. The van der Waals surface area contributed by atoms with Crippen molar-refractivity contribution in [3.05, 3.63) is 89.5 Å². The average Bonchev–Trinajstić information content (AvgIpc) is 3.33. The van der Waals surface area contributed by atoms with Crippen molar-refractivity contribution in [1.82, 2.24) is 0 Å². The minimum Gasteiger partial charge on any atom is -0.488 e. The minimum atomic E-state index is -0.542. The van der Waals surface area contributed by atoms with Crippen molar-refractivity contribution in [2.75, 3.05) is 23.3 Å². The standard InChI is InChI=1S/C25H25N3O3/c26-24(29)22-11-1-2-12-23(22)31-17-18-7-5-8-19(15-18)25(30)27-20-9-6-10-21(16-20)28-13-3-4-14-28/h1-2,5-12,15-16H,3-4,13-14,17H2,(H2,26,29)(H,27,30). The summed E-state index contributed by atoms with van der Waals surface area (Å²) >= 11 is 0. The number of carbonyl (C=O) groups excluding carboxylic acids is 2. The first-order valence-corrected chi connectivity index (χ1v) is 10.4. The zero-order valence-electron chi connectivity index (χ0n) is 17.2. The Kier molecular flexibility index (Phi) is 6.17. The van der Waals surface area contributed by atoms with E-state index in [1.54, 1.807) is 36.4 Å². The lowest BCUT2D eigenvalue weighted by atomic mass is 10.1. The molecule has 6 heteroatoms. The Bertz CT molecular complexity index is 1090. The van der Waals surface area contributed by atoms with Crippen molar-refractivity contribution in [1.29, 1.82) is 0 Å². The van der Waals surface area contributed by atoms with Crippen LogP contribution in [0.2, 0.25) is 0 Å². The van der Waals surface area contributed by atoms with Crippen LogP contribution in [0.25, 0.3) is 0 Å². The Morgan fingerprint density at radius 1 is 0.935 bits per heavy atom. The molecular formula is C25H25N3O3. The third-order valence-electron chi connectivity index (χ3n) is 5.31. The highest BCUT2D eigenvalue weighted by molar-refractivity contribution is 6.04. The number of amides is 2. The van der Waals surface area contributed by atoms with Crippen LogP contribution in [-0.2, 0) is 6.61 Å². The number of carbonyl (C=O) groups is 2. The summed E-state index contributed by atoms with van der Waals surface area (Å²) in [7, 11) is 0. The van der Waals surface area contributed by atoms with Crippen LogP contribution in [0.5, 0.6) is 5.75 Å². The Morgan fingerprint density at radius 3 is 2.52 bits per heavy atom. The molecule has 31 heavy (non-hydrogen) atoms. The molecule has 0 bridgehead atoms. The fourth-order valence-corrected chi connectivity index (χ4v) is 3.72. The molecule has 0 unspecified atom stereocenters. The predicted octanol–water partition coefficient (Wildman–Crippen LogP) is 4.22. The molecule has 0 radical (unpaired) electrons. The van der Waals surface area contributed by atoms with E-state index >= 15 is 0 Å². The fourth-order valence-electron chi connectivity index (χ4n) is 3.72. The van der Waals surface area contributed by atoms with E-state index in [9.17, 15) is 9.59 Å². The molecule has 2 amide bonds. The van der Waals surface area contributed by atoms with Gasteiger partial charge in [-0.15, -0.1) is 0 Å². The lowest BCUT2D eigenvalue weighted by Gasteiger charge is -2.18. The van der Waals surface area contributed by atoms with Gasteiger partial charge in [-0.05, 0) is 60.9 Å². The minimum absolute atomic E-state index is 0.182. The Labute approximate surface area is 181 Å². The number of nitrogens with one attached hydrogen (secondary N) is 1. The summed E-state index contributed by atoms with van der Waals surface area (Å²) in [6.07, 6.45) is 2.41. The van der Waals surface area contributed by atoms with Crippen molar-refractivity contribution in [2.45, 2.75) is 19.4 Å². The number of ether oxygens (including phenoxy) is 1. The molecule has 3 N–H and O–H groups in total. The average molecular weight is 415 g/mol. The molecule has 3 aromatic rings. The summed E-state index contributed by atoms with van der Waals surface area (Å²) in [5, 5.41) is 2.98. The summed E-state index contributed by atoms with van der Waals surface area (Å²) in [5.74, 6) is -0.304. The van der Waals surface area contributed by atoms with Gasteiger partial charge in [0.25, 0.3) is 11.8 Å². The second-order valence-electron chi connectivity index (χ2n) is 7.55. The molecule has 1 saturated heterocycles. The fraction of sp³-hybridized carbons (Fsp3) is 0.200. The molecule has 3 aromatic carbocycles. The summed E-state index contributed by atoms with van der Waals surface area (Å²) in [6.45, 7) is 2.33. The van der Waals surface area contributed by atoms with E-state index in [-0.39, 0.29) is 12.5 Å². The maximum absolute atomic E-state index is 12.8. The zero-order valence-corrected chi connectivity index (χ0v) is 17.2. The molecule has 6 nitrogen and oxygen atoms in total. The van der Waals surface area contributed by atoms with Gasteiger partial charge in [0.2, 0.25) is 0 Å². The lowest BCUT2D eigenvalue weighted by molar-refractivity contribution is 0.0994. The number of benzene rings is 3. The van der Waals surface area contributed by atoms with Crippen molar-refractivity contribution >= 4 is 23.2 Å². The summed E-state index contributed by atoms with van der Waals surface area (Å²) in [5.41, 5.74) is 8.98. The molecule has 0 atom stereocenters. The third-order valence-corrected chi connectivity index (χ3v) is 5.31. The summed E-state index contributed by atoms with van der Waals surface area (Å²) in [4.78, 5) is 26.7. The van der Waals surface area contributed by atoms with Crippen LogP contribution in [0.1, 0.15) is 39.1 Å². The van der Waals surface area contributed by atoms with Crippen molar-refractivity contribution in [3.8, 4) is 5.75 Å². The molecule has 0 spiro atoms. The molecular weight excluding hydrogens is 390 g/mol. The Balaban J connectivity index is 1.43. The SMILES string of the molecule is NC(=O)c1ccccc1OCc1cccc(C(=O)Nc2cccc(N3CCCC3)c2)c1. The largest absolute Gasteiger partial charge is 0.488 e. The zero-order chi connectivity index (χ0) is 21.6. The van der Waals surface area contributed by atoms with E-state index in [1.165, 1.54) is 12.8 Å². The molecule has 1 aliphatic heterocycles. The first-order valence-electron chi connectivity index (χ1n) is 10.4.